The molecule has 144 valence electrons. The van der Waals surface area contributed by atoms with Gasteiger partial charge in [0.15, 0.2) is 0 Å². The number of para-hydroxylation sites is 1. The quantitative estimate of drug-likeness (QED) is 0.814. The molecule has 1 aliphatic heterocycles. The third kappa shape index (κ3) is 4.17. The molecule has 2 heterocycles. The van der Waals surface area contributed by atoms with Gasteiger partial charge in [-0.25, -0.2) is 4.98 Å². The van der Waals surface area contributed by atoms with Crippen molar-refractivity contribution in [3.05, 3.63) is 54.4 Å². The number of anilines is 4. The number of hydrogen-bond donors (Lipinski definition) is 2. The maximum Gasteiger partial charge on any atom is 0.143 e. The molecule has 1 atom stereocenters. The average molecular weight is 367 g/mol. The SMILES string of the molecule is C=C(N)N(c1cc(N2CCOCC2C)cc(N)n1)c1ccccc1CCC. The first kappa shape index (κ1) is 19.0. The summed E-state index contributed by atoms with van der Waals surface area (Å²) in [5, 5.41) is 0. The Morgan fingerprint density at radius 3 is 2.85 bits per heavy atom. The Bertz CT molecular complexity index is 807. The molecule has 1 saturated heterocycles. The highest BCUT2D eigenvalue weighted by Crippen LogP contribution is 2.34. The molecular formula is C21H29N5O. The molecule has 3 rings (SSSR count). The van der Waals surface area contributed by atoms with E-state index in [1.165, 1.54) is 5.56 Å². The van der Waals surface area contributed by atoms with Gasteiger partial charge in [0, 0.05) is 30.4 Å². The van der Waals surface area contributed by atoms with Crippen LogP contribution in [0.4, 0.5) is 23.0 Å². The van der Waals surface area contributed by atoms with Crippen molar-refractivity contribution >= 4 is 23.0 Å². The Kier molecular flexibility index (Phi) is 5.86. The number of nitrogen functional groups attached to an aromatic ring is 1. The van der Waals surface area contributed by atoms with E-state index in [-0.39, 0.29) is 6.04 Å². The topological polar surface area (TPSA) is 80.6 Å². The van der Waals surface area contributed by atoms with Gasteiger partial charge in [-0.2, -0.15) is 0 Å². The standard InChI is InChI=1S/C21H29N5O/c1-4-7-17-8-5-6-9-19(17)26(16(3)22)21-13-18(12-20(23)24-21)25-10-11-27-14-15(25)2/h5-6,8-9,12-13,15H,3-4,7,10-11,14,22H2,1-2H3,(H2,23,24). The predicted octanol–water partition coefficient (Wildman–Crippen LogP) is 3.41. The van der Waals surface area contributed by atoms with E-state index in [1.54, 1.807) is 0 Å². The Morgan fingerprint density at radius 2 is 2.15 bits per heavy atom. The summed E-state index contributed by atoms with van der Waals surface area (Å²) in [7, 11) is 0. The summed E-state index contributed by atoms with van der Waals surface area (Å²) < 4.78 is 5.56. The van der Waals surface area contributed by atoms with Crippen LogP contribution in [0.25, 0.3) is 0 Å². The van der Waals surface area contributed by atoms with E-state index in [1.807, 2.05) is 35.2 Å². The maximum atomic E-state index is 6.19. The molecule has 1 aromatic heterocycles. The van der Waals surface area contributed by atoms with E-state index in [9.17, 15) is 0 Å². The van der Waals surface area contributed by atoms with E-state index in [2.05, 4.69) is 36.4 Å². The van der Waals surface area contributed by atoms with Crippen LogP contribution in [0, 0.1) is 0 Å². The van der Waals surface area contributed by atoms with Crippen molar-refractivity contribution in [3.8, 4) is 0 Å². The van der Waals surface area contributed by atoms with Gasteiger partial charge >= 0.3 is 0 Å². The molecule has 0 aliphatic carbocycles. The first-order chi connectivity index (χ1) is 13.0. The number of aromatic nitrogens is 1. The Balaban J connectivity index is 2.05. The highest BCUT2D eigenvalue weighted by atomic mass is 16.5. The van der Waals surface area contributed by atoms with Gasteiger partial charge in [0.25, 0.3) is 0 Å². The van der Waals surface area contributed by atoms with Crippen molar-refractivity contribution in [3.63, 3.8) is 0 Å². The van der Waals surface area contributed by atoms with Crippen LogP contribution < -0.4 is 21.3 Å². The second kappa shape index (κ2) is 8.31. The van der Waals surface area contributed by atoms with E-state index >= 15 is 0 Å². The predicted molar refractivity (Wildman–Crippen MR) is 112 cm³/mol. The summed E-state index contributed by atoms with van der Waals surface area (Å²) in [5.41, 5.74) is 15.6. The first-order valence-corrected chi connectivity index (χ1v) is 9.45. The summed E-state index contributed by atoms with van der Waals surface area (Å²) in [6.07, 6.45) is 2.00. The molecule has 6 heteroatoms. The summed E-state index contributed by atoms with van der Waals surface area (Å²) in [6, 6.07) is 12.4. The van der Waals surface area contributed by atoms with Gasteiger partial charge in [0.1, 0.15) is 17.5 Å². The molecule has 6 nitrogen and oxygen atoms in total. The van der Waals surface area contributed by atoms with Gasteiger partial charge in [-0.1, -0.05) is 38.1 Å². The van der Waals surface area contributed by atoms with Crippen molar-refractivity contribution in [1.29, 1.82) is 0 Å². The van der Waals surface area contributed by atoms with Gasteiger partial charge < -0.3 is 21.1 Å². The number of pyridine rings is 1. The number of hydrogen-bond acceptors (Lipinski definition) is 6. The van der Waals surface area contributed by atoms with Crippen molar-refractivity contribution in [2.45, 2.75) is 32.7 Å². The molecule has 1 aromatic carbocycles. The second-order valence-corrected chi connectivity index (χ2v) is 6.93. The van der Waals surface area contributed by atoms with Crippen LogP contribution in [0.1, 0.15) is 25.8 Å². The molecule has 1 fully saturated rings. The fourth-order valence-electron chi connectivity index (χ4n) is 3.55. The normalized spacial score (nSPS) is 17.0. The number of nitrogens with two attached hydrogens (primary N) is 2. The first-order valence-electron chi connectivity index (χ1n) is 9.45. The number of benzene rings is 1. The van der Waals surface area contributed by atoms with Crippen molar-refractivity contribution in [1.82, 2.24) is 4.98 Å². The number of rotatable bonds is 6. The Labute approximate surface area is 161 Å². The molecule has 0 bridgehead atoms. The third-order valence-electron chi connectivity index (χ3n) is 4.78. The average Bonchev–Trinajstić information content (AvgIpc) is 2.63. The summed E-state index contributed by atoms with van der Waals surface area (Å²) >= 11 is 0. The highest BCUT2D eigenvalue weighted by molar-refractivity contribution is 5.72. The minimum absolute atomic E-state index is 0.273. The van der Waals surface area contributed by atoms with Gasteiger partial charge in [0.05, 0.1) is 18.9 Å². The minimum Gasteiger partial charge on any atom is -0.385 e. The van der Waals surface area contributed by atoms with Gasteiger partial charge in [-0.05, 0) is 25.0 Å². The van der Waals surface area contributed by atoms with Crippen LogP contribution in [0.15, 0.2) is 48.8 Å². The molecule has 1 unspecified atom stereocenters. The second-order valence-electron chi connectivity index (χ2n) is 6.93. The summed E-state index contributed by atoms with van der Waals surface area (Å²) in [6.45, 7) is 10.5. The fraction of sp³-hybridized carbons (Fsp3) is 0.381. The lowest BCUT2D eigenvalue weighted by atomic mass is 10.1. The van der Waals surface area contributed by atoms with Crippen molar-refractivity contribution < 1.29 is 4.74 Å². The monoisotopic (exact) mass is 367 g/mol. The minimum atomic E-state index is 0.273. The van der Waals surface area contributed by atoms with Crippen LogP contribution in [-0.2, 0) is 11.2 Å². The smallest absolute Gasteiger partial charge is 0.143 e. The van der Waals surface area contributed by atoms with Crippen LogP contribution >= 0.6 is 0 Å². The van der Waals surface area contributed by atoms with Crippen LogP contribution in [0.3, 0.4) is 0 Å². The van der Waals surface area contributed by atoms with Crippen LogP contribution in [0.2, 0.25) is 0 Å². The Hall–Kier alpha value is -2.73. The summed E-state index contributed by atoms with van der Waals surface area (Å²) in [5.74, 6) is 1.55. The zero-order chi connectivity index (χ0) is 19.4. The zero-order valence-corrected chi connectivity index (χ0v) is 16.2. The number of nitrogens with zero attached hydrogens (tertiary/aromatic N) is 3. The largest absolute Gasteiger partial charge is 0.385 e. The molecule has 0 saturated carbocycles. The molecule has 4 N–H and O–H groups in total. The van der Waals surface area contributed by atoms with Gasteiger partial charge in [-0.3, -0.25) is 4.90 Å². The molecule has 0 spiro atoms. The molecule has 0 radical (unpaired) electrons. The summed E-state index contributed by atoms with van der Waals surface area (Å²) in [4.78, 5) is 8.73. The van der Waals surface area contributed by atoms with E-state index in [0.29, 0.717) is 30.7 Å². The molecular weight excluding hydrogens is 338 g/mol. The van der Waals surface area contributed by atoms with Crippen LogP contribution in [0.5, 0.6) is 0 Å². The highest BCUT2D eigenvalue weighted by Gasteiger charge is 2.22. The lowest BCUT2D eigenvalue weighted by Crippen LogP contribution is -2.43. The zero-order valence-electron chi connectivity index (χ0n) is 16.2. The number of aryl methyl sites for hydroxylation is 1. The van der Waals surface area contributed by atoms with Crippen molar-refractivity contribution in [2.75, 3.05) is 35.3 Å². The lowest BCUT2D eigenvalue weighted by Gasteiger charge is -2.36. The Morgan fingerprint density at radius 1 is 1.37 bits per heavy atom. The lowest BCUT2D eigenvalue weighted by molar-refractivity contribution is 0.0989. The number of morpholine rings is 1. The molecule has 1 aliphatic rings. The molecule has 27 heavy (non-hydrogen) atoms. The fourth-order valence-corrected chi connectivity index (χ4v) is 3.55. The van der Waals surface area contributed by atoms with Crippen molar-refractivity contribution in [2.24, 2.45) is 5.73 Å². The third-order valence-corrected chi connectivity index (χ3v) is 4.78. The van der Waals surface area contributed by atoms with Gasteiger partial charge in [-0.15, -0.1) is 0 Å². The van der Waals surface area contributed by atoms with E-state index in [4.69, 9.17) is 16.2 Å². The molecule has 0 amide bonds. The molecule has 2 aromatic rings. The van der Waals surface area contributed by atoms with E-state index < -0.39 is 0 Å². The van der Waals surface area contributed by atoms with Crippen LogP contribution in [-0.4, -0.2) is 30.8 Å². The number of ether oxygens (including phenoxy) is 1. The van der Waals surface area contributed by atoms with E-state index in [0.717, 1.165) is 30.8 Å². The van der Waals surface area contributed by atoms with Gasteiger partial charge in [0.2, 0.25) is 0 Å². The maximum absolute atomic E-state index is 6.19.